The molecule has 0 saturated carbocycles. The number of aliphatic hydroxyl groups is 1. The van der Waals surface area contributed by atoms with Gasteiger partial charge >= 0.3 is 6.03 Å². The molecule has 0 spiro atoms. The Balaban J connectivity index is 1.43. The van der Waals surface area contributed by atoms with E-state index in [1.54, 1.807) is 56.9 Å². The van der Waals surface area contributed by atoms with Gasteiger partial charge in [-0.05, 0) is 75.1 Å². The van der Waals surface area contributed by atoms with Crippen molar-refractivity contribution in [3.63, 3.8) is 0 Å². The number of hydrogen-bond donors (Lipinski definition) is 3. The lowest BCUT2D eigenvalue weighted by Gasteiger charge is -2.29. The summed E-state index contributed by atoms with van der Waals surface area (Å²) in [5.41, 5.74) is 2.76. The normalized spacial score (nSPS) is 19.1. The lowest BCUT2D eigenvalue weighted by molar-refractivity contribution is 0.0755. The van der Waals surface area contributed by atoms with Crippen LogP contribution in [0.2, 0.25) is 0 Å². The molecule has 3 N–H and O–H groups in total. The number of carbonyl (C=O) groups is 2. The van der Waals surface area contributed by atoms with Gasteiger partial charge in [0.1, 0.15) is 18.2 Å². The first-order valence-electron chi connectivity index (χ1n) is 15.7. The quantitative estimate of drug-likeness (QED) is 0.303. The van der Waals surface area contributed by atoms with E-state index in [2.05, 4.69) is 38.1 Å². The Kier molecular flexibility index (Phi) is 12.9. The Bertz CT molecular complexity index is 1410. The van der Waals surface area contributed by atoms with Gasteiger partial charge in [0.25, 0.3) is 5.91 Å². The maximum Gasteiger partial charge on any atom is 0.325 e. The van der Waals surface area contributed by atoms with Gasteiger partial charge in [-0.15, -0.1) is 0 Å². The Morgan fingerprint density at radius 1 is 1.17 bits per heavy atom. The standard InChI is InChI=1S/C35H46N6O5/c1-26-8-11-29(7-5-6-19-40(26)35(44)36-3)41(22-15-27(2)45-4)30-14-18-37-33(25-30)38-34(43)28-9-12-32(13-10-28)46-24-23-39-20-16-31(42)17-21-39/h6-14,18-19,25,27,31,42H,1,5,15-17,20-24H2,2-4H3,(H,36,44)(H,37,38,43)/b11-8-,19-6-,29-7+. The summed E-state index contributed by atoms with van der Waals surface area (Å²) in [6, 6.07) is 10.5. The lowest BCUT2D eigenvalue weighted by atomic mass is 10.1. The van der Waals surface area contributed by atoms with Gasteiger partial charge in [-0.1, -0.05) is 18.7 Å². The zero-order chi connectivity index (χ0) is 32.9. The van der Waals surface area contributed by atoms with Crippen molar-refractivity contribution in [1.82, 2.24) is 20.1 Å². The van der Waals surface area contributed by atoms with Crippen molar-refractivity contribution in [3.8, 4) is 5.75 Å². The first-order chi connectivity index (χ1) is 22.3. The van der Waals surface area contributed by atoms with Gasteiger partial charge in [0.05, 0.1) is 12.2 Å². The van der Waals surface area contributed by atoms with Crippen molar-refractivity contribution < 1.29 is 24.2 Å². The molecule has 1 aromatic heterocycles. The molecule has 246 valence electrons. The number of nitrogens with zero attached hydrogens (tertiary/aromatic N) is 4. The fourth-order valence-electron chi connectivity index (χ4n) is 5.12. The van der Waals surface area contributed by atoms with Gasteiger partial charge in [-0.3, -0.25) is 14.6 Å². The molecule has 2 aliphatic rings. The van der Waals surface area contributed by atoms with E-state index < -0.39 is 0 Å². The number of amides is 3. The third-order valence-electron chi connectivity index (χ3n) is 8.03. The molecule has 2 aliphatic heterocycles. The van der Waals surface area contributed by atoms with Gasteiger partial charge in [-0.25, -0.2) is 9.78 Å². The summed E-state index contributed by atoms with van der Waals surface area (Å²) in [5.74, 6) is 0.837. The van der Waals surface area contributed by atoms with Crippen molar-refractivity contribution in [1.29, 1.82) is 0 Å². The van der Waals surface area contributed by atoms with E-state index in [9.17, 15) is 14.7 Å². The van der Waals surface area contributed by atoms with Crippen LogP contribution in [0.5, 0.6) is 5.75 Å². The first-order valence-corrected chi connectivity index (χ1v) is 15.7. The second-order valence-corrected chi connectivity index (χ2v) is 11.3. The minimum atomic E-state index is -0.278. The number of aliphatic hydroxyl groups excluding tert-OH is 1. The molecule has 11 nitrogen and oxygen atoms in total. The molecule has 2 aromatic rings. The van der Waals surface area contributed by atoms with Gasteiger partial charge in [-0.2, -0.15) is 0 Å². The third kappa shape index (κ3) is 10.0. The van der Waals surface area contributed by atoms with E-state index in [0.29, 0.717) is 42.4 Å². The number of allylic oxidation sites excluding steroid dienone is 4. The van der Waals surface area contributed by atoms with E-state index in [-0.39, 0.29) is 24.1 Å². The Morgan fingerprint density at radius 3 is 2.65 bits per heavy atom. The number of carbonyl (C=O) groups excluding carboxylic acids is 2. The summed E-state index contributed by atoms with van der Waals surface area (Å²) in [7, 11) is 3.27. The van der Waals surface area contributed by atoms with Gasteiger partial charge < -0.3 is 30.1 Å². The summed E-state index contributed by atoms with van der Waals surface area (Å²) in [5, 5.41) is 15.2. The average Bonchev–Trinajstić information content (AvgIpc) is 3.16. The van der Waals surface area contributed by atoms with Crippen LogP contribution in [0, 0.1) is 0 Å². The maximum atomic E-state index is 13.2. The summed E-state index contributed by atoms with van der Waals surface area (Å²) in [6.07, 6.45) is 13.9. The van der Waals surface area contributed by atoms with Crippen LogP contribution in [0.25, 0.3) is 0 Å². The highest BCUT2D eigenvalue weighted by Gasteiger charge is 2.18. The fraction of sp³-hybridized carbons (Fsp3) is 0.400. The SMILES string of the molecule is C=C1/C=C\C(N(CCC(C)OC)c2ccnc(NC(=O)c3ccc(OCCN4CCC(O)CC4)cc3)c2)=C/C/C=C\N1C(=O)NC. The van der Waals surface area contributed by atoms with Crippen LogP contribution in [0.3, 0.4) is 0 Å². The van der Waals surface area contributed by atoms with Crippen LogP contribution in [-0.4, -0.2) is 91.0 Å². The highest BCUT2D eigenvalue weighted by Crippen LogP contribution is 2.26. The Morgan fingerprint density at radius 2 is 1.93 bits per heavy atom. The number of methoxy groups -OCH3 is 1. The molecule has 1 saturated heterocycles. The number of piperidine rings is 1. The summed E-state index contributed by atoms with van der Waals surface area (Å²) in [6.45, 7) is 9.82. The van der Waals surface area contributed by atoms with Crippen LogP contribution in [0.15, 0.2) is 91.1 Å². The number of ether oxygens (including phenoxy) is 2. The lowest BCUT2D eigenvalue weighted by Crippen LogP contribution is -2.38. The summed E-state index contributed by atoms with van der Waals surface area (Å²) in [4.78, 5) is 35.8. The van der Waals surface area contributed by atoms with Crippen molar-refractivity contribution in [2.75, 3.05) is 57.2 Å². The molecule has 46 heavy (non-hydrogen) atoms. The Hall–Kier alpha value is -4.45. The average molecular weight is 631 g/mol. The monoisotopic (exact) mass is 630 g/mol. The topological polar surface area (TPSA) is 120 Å². The van der Waals surface area contributed by atoms with E-state index in [1.165, 1.54) is 4.90 Å². The van der Waals surface area contributed by atoms with Gasteiger partial charge in [0.2, 0.25) is 0 Å². The highest BCUT2D eigenvalue weighted by molar-refractivity contribution is 6.04. The van der Waals surface area contributed by atoms with Gasteiger partial charge in [0.15, 0.2) is 0 Å². The summed E-state index contributed by atoms with van der Waals surface area (Å²) >= 11 is 0. The molecule has 0 aliphatic carbocycles. The fourth-order valence-corrected chi connectivity index (χ4v) is 5.12. The predicted molar refractivity (Wildman–Crippen MR) is 181 cm³/mol. The van der Waals surface area contributed by atoms with Crippen LogP contribution >= 0.6 is 0 Å². The summed E-state index contributed by atoms with van der Waals surface area (Å²) < 4.78 is 11.4. The number of rotatable bonds is 12. The maximum absolute atomic E-state index is 13.2. The smallest absolute Gasteiger partial charge is 0.325 e. The molecule has 1 aromatic carbocycles. The van der Waals surface area contributed by atoms with Crippen LogP contribution in [0.1, 0.15) is 43.0 Å². The minimum Gasteiger partial charge on any atom is -0.492 e. The second kappa shape index (κ2) is 17.3. The highest BCUT2D eigenvalue weighted by atomic mass is 16.5. The largest absolute Gasteiger partial charge is 0.492 e. The third-order valence-corrected chi connectivity index (χ3v) is 8.03. The molecular weight excluding hydrogens is 584 g/mol. The molecule has 1 unspecified atom stereocenters. The van der Waals surface area contributed by atoms with Crippen molar-refractivity contribution >= 4 is 23.4 Å². The number of hydrogen-bond acceptors (Lipinski definition) is 8. The number of urea groups is 1. The number of nitrogens with one attached hydrogen (secondary N) is 2. The molecule has 1 fully saturated rings. The zero-order valence-corrected chi connectivity index (χ0v) is 27.0. The van der Waals surface area contributed by atoms with E-state index in [1.807, 2.05) is 31.2 Å². The molecule has 1 atom stereocenters. The van der Waals surface area contributed by atoms with Gasteiger partial charge in [0, 0.05) is 81.4 Å². The molecule has 3 amide bonds. The molecular formula is C35H46N6O5. The number of anilines is 2. The van der Waals surface area contributed by atoms with Crippen LogP contribution in [-0.2, 0) is 4.74 Å². The van der Waals surface area contributed by atoms with Crippen molar-refractivity contribution in [2.45, 2.75) is 44.8 Å². The molecule has 11 heteroatoms. The zero-order valence-electron chi connectivity index (χ0n) is 27.0. The van der Waals surface area contributed by atoms with Crippen molar-refractivity contribution in [3.05, 3.63) is 96.6 Å². The van der Waals surface area contributed by atoms with E-state index in [0.717, 1.165) is 50.3 Å². The number of likely N-dealkylation sites (tertiary alicyclic amines) is 1. The minimum absolute atomic E-state index is 0.0359. The first kappa shape index (κ1) is 34.4. The van der Waals surface area contributed by atoms with Crippen molar-refractivity contribution in [2.24, 2.45) is 0 Å². The predicted octanol–water partition coefficient (Wildman–Crippen LogP) is 4.91. The number of benzene rings is 1. The van der Waals surface area contributed by atoms with E-state index >= 15 is 0 Å². The Labute approximate surface area is 271 Å². The second-order valence-electron chi connectivity index (χ2n) is 11.3. The van der Waals surface area contributed by atoms with Crippen LogP contribution < -0.4 is 20.3 Å². The van der Waals surface area contributed by atoms with E-state index in [4.69, 9.17) is 9.47 Å². The molecule has 0 bridgehead atoms. The van der Waals surface area contributed by atoms with Crippen LogP contribution in [0.4, 0.5) is 16.3 Å². The number of pyridine rings is 1. The number of aromatic nitrogens is 1. The molecule has 0 radical (unpaired) electrons. The molecule has 4 rings (SSSR count). The molecule has 3 heterocycles.